The molecule has 1 aliphatic rings. The Morgan fingerprint density at radius 3 is 2.67 bits per heavy atom. The monoisotopic (exact) mass is 258 g/mol. The molecule has 1 fully saturated rings. The van der Waals surface area contributed by atoms with Gasteiger partial charge in [-0.2, -0.15) is 0 Å². The number of methoxy groups -OCH3 is 1. The third-order valence-electron chi connectivity index (χ3n) is 3.03. The Kier molecular flexibility index (Phi) is 5.55. The van der Waals surface area contributed by atoms with Crippen LogP contribution in [0.1, 0.15) is 20.3 Å². The normalized spacial score (nSPS) is 18.9. The second-order valence-electron chi connectivity index (χ2n) is 4.75. The lowest BCUT2D eigenvalue weighted by molar-refractivity contribution is -0.151. The summed E-state index contributed by atoms with van der Waals surface area (Å²) < 4.78 is 10.2. The second-order valence-corrected chi connectivity index (χ2v) is 4.75. The number of amides is 2. The van der Waals surface area contributed by atoms with E-state index in [1.54, 1.807) is 25.9 Å². The quantitative estimate of drug-likeness (QED) is 0.641. The van der Waals surface area contributed by atoms with Crippen LogP contribution in [0.4, 0.5) is 0 Å². The molecule has 1 aliphatic heterocycles. The summed E-state index contributed by atoms with van der Waals surface area (Å²) >= 11 is 0. The van der Waals surface area contributed by atoms with Crippen molar-refractivity contribution in [2.75, 3.05) is 40.0 Å². The first-order valence-corrected chi connectivity index (χ1v) is 6.15. The molecular weight excluding hydrogens is 236 g/mol. The maximum Gasteiger partial charge on any atom is 0.245 e. The van der Waals surface area contributed by atoms with E-state index in [2.05, 4.69) is 5.32 Å². The highest BCUT2D eigenvalue weighted by Crippen LogP contribution is 2.18. The molecule has 0 spiro atoms. The number of piperazine rings is 1. The molecule has 0 bridgehead atoms. The number of ether oxygens (including phenoxy) is 2. The van der Waals surface area contributed by atoms with E-state index in [4.69, 9.17) is 9.47 Å². The highest BCUT2D eigenvalue weighted by Gasteiger charge is 2.40. The Hall–Kier alpha value is -1.14. The van der Waals surface area contributed by atoms with Crippen LogP contribution >= 0.6 is 0 Å². The van der Waals surface area contributed by atoms with Gasteiger partial charge in [-0.25, -0.2) is 0 Å². The lowest BCUT2D eigenvalue weighted by Gasteiger charge is -2.41. The molecule has 1 heterocycles. The van der Waals surface area contributed by atoms with Gasteiger partial charge in [-0.15, -0.1) is 0 Å². The zero-order valence-corrected chi connectivity index (χ0v) is 11.3. The van der Waals surface area contributed by atoms with Crippen LogP contribution < -0.4 is 5.32 Å². The van der Waals surface area contributed by atoms with Gasteiger partial charge in [0.1, 0.15) is 5.54 Å². The highest BCUT2D eigenvalue weighted by molar-refractivity contribution is 5.97. The number of nitrogens with one attached hydrogen (secondary N) is 1. The van der Waals surface area contributed by atoms with Gasteiger partial charge in [0.15, 0.2) is 0 Å². The molecule has 0 atom stereocenters. The number of carbonyl (C=O) groups is 2. The van der Waals surface area contributed by atoms with Crippen LogP contribution in [0.25, 0.3) is 0 Å². The first-order chi connectivity index (χ1) is 8.50. The average molecular weight is 258 g/mol. The predicted octanol–water partition coefficient (Wildman–Crippen LogP) is -0.223. The van der Waals surface area contributed by atoms with Crippen LogP contribution in [-0.2, 0) is 19.1 Å². The van der Waals surface area contributed by atoms with Crippen LogP contribution in [0, 0.1) is 0 Å². The predicted molar refractivity (Wildman–Crippen MR) is 66.1 cm³/mol. The topological polar surface area (TPSA) is 67.9 Å². The molecule has 0 aromatic carbocycles. The maximum atomic E-state index is 11.8. The van der Waals surface area contributed by atoms with Crippen molar-refractivity contribution in [3.8, 4) is 0 Å². The van der Waals surface area contributed by atoms with Gasteiger partial charge in [0.05, 0.1) is 19.8 Å². The first-order valence-electron chi connectivity index (χ1n) is 6.15. The minimum absolute atomic E-state index is 0.0449. The van der Waals surface area contributed by atoms with Crippen LogP contribution in [0.5, 0.6) is 0 Å². The highest BCUT2D eigenvalue weighted by atomic mass is 16.5. The molecule has 1 N–H and O–H groups in total. The van der Waals surface area contributed by atoms with Crippen molar-refractivity contribution in [3.05, 3.63) is 0 Å². The number of nitrogens with zero attached hydrogens (tertiary/aromatic N) is 1. The van der Waals surface area contributed by atoms with Gasteiger partial charge >= 0.3 is 0 Å². The van der Waals surface area contributed by atoms with Gasteiger partial charge in [0, 0.05) is 20.3 Å². The molecular formula is C12H22N2O4. The second kappa shape index (κ2) is 6.70. The molecule has 6 heteroatoms. The molecule has 1 rings (SSSR count). The SMILES string of the molecule is COCCOCCCN1C(=O)CNC(=O)C1(C)C. The Balaban J connectivity index is 2.34. The van der Waals surface area contributed by atoms with Crippen LogP contribution in [0.3, 0.4) is 0 Å². The van der Waals surface area contributed by atoms with Crippen LogP contribution in [0.15, 0.2) is 0 Å². The largest absolute Gasteiger partial charge is 0.382 e. The summed E-state index contributed by atoms with van der Waals surface area (Å²) in [6.45, 7) is 5.81. The maximum absolute atomic E-state index is 11.8. The molecule has 0 unspecified atom stereocenters. The smallest absolute Gasteiger partial charge is 0.245 e. The minimum Gasteiger partial charge on any atom is -0.382 e. The van der Waals surface area contributed by atoms with E-state index in [9.17, 15) is 9.59 Å². The molecule has 0 aromatic heterocycles. The fraction of sp³-hybridized carbons (Fsp3) is 0.833. The van der Waals surface area contributed by atoms with E-state index < -0.39 is 5.54 Å². The van der Waals surface area contributed by atoms with Crippen LogP contribution in [-0.4, -0.2) is 62.3 Å². The third-order valence-corrected chi connectivity index (χ3v) is 3.03. The number of hydrogen-bond acceptors (Lipinski definition) is 4. The van der Waals surface area contributed by atoms with E-state index in [-0.39, 0.29) is 18.4 Å². The van der Waals surface area contributed by atoms with Crippen molar-refractivity contribution >= 4 is 11.8 Å². The summed E-state index contributed by atoms with van der Waals surface area (Å²) in [4.78, 5) is 25.1. The molecule has 0 radical (unpaired) electrons. The Morgan fingerprint density at radius 2 is 2.00 bits per heavy atom. The minimum atomic E-state index is -0.776. The van der Waals surface area contributed by atoms with Gasteiger partial charge in [0.25, 0.3) is 0 Å². The van der Waals surface area contributed by atoms with E-state index >= 15 is 0 Å². The van der Waals surface area contributed by atoms with E-state index in [1.807, 2.05) is 0 Å². The summed E-state index contributed by atoms with van der Waals surface area (Å²) in [5.41, 5.74) is -0.776. The van der Waals surface area contributed by atoms with Crippen molar-refractivity contribution < 1.29 is 19.1 Å². The van der Waals surface area contributed by atoms with Crippen LogP contribution in [0.2, 0.25) is 0 Å². The lowest BCUT2D eigenvalue weighted by atomic mass is 9.98. The number of carbonyl (C=O) groups excluding carboxylic acids is 2. The third kappa shape index (κ3) is 3.68. The molecule has 18 heavy (non-hydrogen) atoms. The summed E-state index contributed by atoms with van der Waals surface area (Å²) in [5.74, 6) is -0.154. The standard InChI is InChI=1S/C12H22N2O4/c1-12(2)11(16)13-9-10(15)14(12)5-4-6-18-8-7-17-3/h4-9H2,1-3H3,(H,13,16). The summed E-state index contributed by atoms with van der Waals surface area (Å²) in [7, 11) is 1.62. The van der Waals surface area contributed by atoms with Gasteiger partial charge in [-0.3, -0.25) is 9.59 Å². The molecule has 1 saturated heterocycles. The lowest BCUT2D eigenvalue weighted by Crippen LogP contribution is -2.64. The van der Waals surface area contributed by atoms with Gasteiger partial charge in [-0.05, 0) is 20.3 Å². The molecule has 0 saturated carbocycles. The van der Waals surface area contributed by atoms with Gasteiger partial charge in [-0.1, -0.05) is 0 Å². The van der Waals surface area contributed by atoms with Crippen molar-refractivity contribution in [3.63, 3.8) is 0 Å². The number of rotatable bonds is 7. The molecule has 104 valence electrons. The van der Waals surface area contributed by atoms with E-state index in [0.29, 0.717) is 32.8 Å². The Morgan fingerprint density at radius 1 is 1.28 bits per heavy atom. The zero-order valence-electron chi connectivity index (χ0n) is 11.3. The fourth-order valence-corrected chi connectivity index (χ4v) is 1.88. The molecule has 6 nitrogen and oxygen atoms in total. The van der Waals surface area contributed by atoms with Crippen molar-refractivity contribution in [1.82, 2.24) is 10.2 Å². The average Bonchev–Trinajstić information content (AvgIpc) is 2.32. The summed E-state index contributed by atoms with van der Waals surface area (Å²) in [5, 5.41) is 2.59. The Labute approximate surface area is 108 Å². The van der Waals surface area contributed by atoms with Crippen molar-refractivity contribution in [1.29, 1.82) is 0 Å². The van der Waals surface area contributed by atoms with Crippen molar-refractivity contribution in [2.24, 2.45) is 0 Å². The van der Waals surface area contributed by atoms with Gasteiger partial charge < -0.3 is 19.7 Å². The molecule has 0 aliphatic carbocycles. The van der Waals surface area contributed by atoms with E-state index in [0.717, 1.165) is 0 Å². The zero-order chi connectivity index (χ0) is 13.6. The summed E-state index contributed by atoms with van der Waals surface area (Å²) in [6.07, 6.45) is 0.714. The van der Waals surface area contributed by atoms with Crippen molar-refractivity contribution in [2.45, 2.75) is 25.8 Å². The first kappa shape index (κ1) is 14.9. The Bertz CT molecular complexity index is 304. The fourth-order valence-electron chi connectivity index (χ4n) is 1.88. The molecule has 0 aromatic rings. The van der Waals surface area contributed by atoms with Gasteiger partial charge in [0.2, 0.25) is 11.8 Å². The molecule has 2 amide bonds. The number of hydrogen-bond donors (Lipinski definition) is 1. The van der Waals surface area contributed by atoms with E-state index in [1.165, 1.54) is 0 Å². The summed E-state index contributed by atoms with van der Waals surface area (Å²) in [6, 6.07) is 0.